The Morgan fingerprint density at radius 1 is 1.12 bits per heavy atom. The molecule has 0 amide bonds. The van der Waals surface area contributed by atoms with Crippen LogP contribution in [0.25, 0.3) is 22.4 Å². The van der Waals surface area contributed by atoms with Gasteiger partial charge in [-0.15, -0.1) is 5.10 Å². The largest absolute Gasteiger partial charge is 0.350 e. The smallest absolute Gasteiger partial charge is 0.241 e. The molecule has 0 saturated heterocycles. The number of anilines is 1. The first-order chi connectivity index (χ1) is 12.7. The number of fused-ring (bicyclic) bond motifs is 2. The van der Waals surface area contributed by atoms with E-state index in [1.54, 1.807) is 6.20 Å². The summed E-state index contributed by atoms with van der Waals surface area (Å²) >= 11 is 0. The summed E-state index contributed by atoms with van der Waals surface area (Å²) in [6.45, 7) is 0. The van der Waals surface area contributed by atoms with E-state index in [4.69, 9.17) is 0 Å². The Morgan fingerprint density at radius 2 is 2.00 bits per heavy atom. The SMILES string of the molecule is CN(C)[C@H]1C[C@H](Nc2ncc3c(-c4cnc5nccn5c4)ccn3n2)C1. The van der Waals surface area contributed by atoms with Crippen LogP contribution in [0.2, 0.25) is 0 Å². The van der Waals surface area contributed by atoms with Gasteiger partial charge in [0.05, 0.1) is 11.7 Å². The Kier molecular flexibility index (Phi) is 3.39. The molecule has 1 saturated carbocycles. The van der Waals surface area contributed by atoms with E-state index in [1.807, 2.05) is 46.0 Å². The lowest BCUT2D eigenvalue weighted by Crippen LogP contribution is -2.47. The molecular weight excluding hydrogens is 328 g/mol. The Morgan fingerprint density at radius 3 is 2.85 bits per heavy atom. The molecule has 4 aromatic heterocycles. The van der Waals surface area contributed by atoms with E-state index in [0.717, 1.165) is 29.5 Å². The summed E-state index contributed by atoms with van der Waals surface area (Å²) < 4.78 is 3.78. The van der Waals surface area contributed by atoms with Gasteiger partial charge in [-0.25, -0.2) is 19.5 Å². The van der Waals surface area contributed by atoms with Crippen LogP contribution in [0.1, 0.15) is 12.8 Å². The number of aromatic nitrogens is 6. The molecular formula is C18H20N8. The summed E-state index contributed by atoms with van der Waals surface area (Å²) in [7, 11) is 4.25. The van der Waals surface area contributed by atoms with E-state index in [2.05, 4.69) is 44.4 Å². The van der Waals surface area contributed by atoms with E-state index in [-0.39, 0.29) is 0 Å². The highest BCUT2D eigenvalue weighted by Gasteiger charge is 2.30. The molecule has 0 spiro atoms. The van der Waals surface area contributed by atoms with Crippen LogP contribution in [0.4, 0.5) is 5.95 Å². The molecule has 1 fully saturated rings. The molecule has 1 aliphatic carbocycles. The molecule has 5 rings (SSSR count). The van der Waals surface area contributed by atoms with E-state index in [1.165, 1.54) is 0 Å². The van der Waals surface area contributed by atoms with Crippen molar-refractivity contribution in [1.82, 2.24) is 33.9 Å². The number of imidazole rings is 1. The third-order valence-corrected chi connectivity index (χ3v) is 5.15. The van der Waals surface area contributed by atoms with Crippen LogP contribution in [0, 0.1) is 0 Å². The maximum atomic E-state index is 4.61. The quantitative estimate of drug-likeness (QED) is 0.607. The average Bonchev–Trinajstić information content (AvgIpc) is 3.22. The second kappa shape index (κ2) is 5.77. The molecule has 0 aromatic carbocycles. The van der Waals surface area contributed by atoms with Crippen molar-refractivity contribution in [2.45, 2.75) is 24.9 Å². The second-order valence-electron chi connectivity index (χ2n) is 7.05. The molecule has 0 aliphatic heterocycles. The minimum absolute atomic E-state index is 0.447. The third-order valence-electron chi connectivity index (χ3n) is 5.15. The molecule has 8 nitrogen and oxygen atoms in total. The molecule has 1 N–H and O–H groups in total. The molecule has 1 aliphatic rings. The molecule has 132 valence electrons. The predicted molar refractivity (Wildman–Crippen MR) is 99.1 cm³/mol. The van der Waals surface area contributed by atoms with E-state index in [9.17, 15) is 0 Å². The standard InChI is InChI=1S/C18H20N8/c1-24(2)14-7-13(8-14)22-17-20-10-16-15(3-5-26(16)23-17)12-9-21-18-19-4-6-25(18)11-12/h3-6,9-11,13-14H,7-8H2,1-2H3,(H,22,23)/t13-,14-. The van der Waals surface area contributed by atoms with Gasteiger partial charge in [-0.2, -0.15) is 0 Å². The highest BCUT2D eigenvalue weighted by atomic mass is 15.3. The zero-order valence-electron chi connectivity index (χ0n) is 14.7. The predicted octanol–water partition coefficient (Wildman–Crippen LogP) is 1.94. The number of hydrogen-bond donors (Lipinski definition) is 1. The van der Waals surface area contributed by atoms with Gasteiger partial charge in [-0.3, -0.25) is 4.40 Å². The monoisotopic (exact) mass is 348 g/mol. The van der Waals surface area contributed by atoms with Crippen molar-refractivity contribution in [1.29, 1.82) is 0 Å². The van der Waals surface area contributed by atoms with Crippen LogP contribution >= 0.6 is 0 Å². The third kappa shape index (κ3) is 2.50. The highest BCUT2D eigenvalue weighted by Crippen LogP contribution is 2.27. The van der Waals surface area contributed by atoms with Crippen molar-refractivity contribution in [3.8, 4) is 11.1 Å². The van der Waals surface area contributed by atoms with Crippen LogP contribution in [0.5, 0.6) is 0 Å². The van der Waals surface area contributed by atoms with Crippen LogP contribution in [-0.4, -0.2) is 60.0 Å². The van der Waals surface area contributed by atoms with Crippen molar-refractivity contribution in [3.05, 3.63) is 43.2 Å². The summed E-state index contributed by atoms with van der Waals surface area (Å²) in [5, 5.41) is 8.04. The van der Waals surface area contributed by atoms with Crippen molar-refractivity contribution in [2.24, 2.45) is 0 Å². The van der Waals surface area contributed by atoms with Crippen LogP contribution in [-0.2, 0) is 0 Å². The van der Waals surface area contributed by atoms with Gasteiger partial charge in [0.25, 0.3) is 0 Å². The van der Waals surface area contributed by atoms with Gasteiger partial charge < -0.3 is 10.2 Å². The van der Waals surface area contributed by atoms with Gasteiger partial charge in [0.2, 0.25) is 11.7 Å². The van der Waals surface area contributed by atoms with Crippen molar-refractivity contribution < 1.29 is 0 Å². The Labute approximate surface area is 150 Å². The summed E-state index contributed by atoms with van der Waals surface area (Å²) in [4.78, 5) is 15.4. The Bertz CT molecular complexity index is 1070. The fraction of sp³-hybridized carbons (Fsp3) is 0.333. The highest BCUT2D eigenvalue weighted by molar-refractivity contribution is 5.79. The van der Waals surface area contributed by atoms with Gasteiger partial charge >= 0.3 is 0 Å². The maximum absolute atomic E-state index is 4.61. The first kappa shape index (κ1) is 15.3. The van der Waals surface area contributed by atoms with Crippen LogP contribution in [0.15, 0.2) is 43.2 Å². The van der Waals surface area contributed by atoms with E-state index >= 15 is 0 Å². The van der Waals surface area contributed by atoms with Gasteiger partial charge in [0.1, 0.15) is 0 Å². The molecule has 4 heterocycles. The van der Waals surface area contributed by atoms with Crippen molar-refractivity contribution in [3.63, 3.8) is 0 Å². The molecule has 0 atom stereocenters. The minimum Gasteiger partial charge on any atom is -0.350 e. The number of nitrogens with zero attached hydrogens (tertiary/aromatic N) is 7. The first-order valence-corrected chi connectivity index (χ1v) is 8.74. The normalized spacial score (nSPS) is 20.0. The van der Waals surface area contributed by atoms with Gasteiger partial charge in [0.15, 0.2) is 0 Å². The lowest BCUT2D eigenvalue weighted by atomic mass is 9.86. The summed E-state index contributed by atoms with van der Waals surface area (Å²) in [6.07, 6.45) is 13.6. The lowest BCUT2D eigenvalue weighted by Gasteiger charge is -2.39. The van der Waals surface area contributed by atoms with Gasteiger partial charge in [-0.05, 0) is 33.0 Å². The fourth-order valence-electron chi connectivity index (χ4n) is 3.48. The van der Waals surface area contributed by atoms with Gasteiger partial charge in [0, 0.05) is 54.2 Å². The maximum Gasteiger partial charge on any atom is 0.241 e. The molecule has 4 aromatic rings. The molecule has 26 heavy (non-hydrogen) atoms. The molecule has 8 heteroatoms. The van der Waals surface area contributed by atoms with Crippen LogP contribution in [0.3, 0.4) is 0 Å². The molecule has 0 bridgehead atoms. The molecule has 0 radical (unpaired) electrons. The van der Waals surface area contributed by atoms with Gasteiger partial charge in [-0.1, -0.05) is 0 Å². The Hall–Kier alpha value is -3.00. The lowest BCUT2D eigenvalue weighted by molar-refractivity contribution is 0.177. The number of hydrogen-bond acceptors (Lipinski definition) is 6. The number of rotatable bonds is 4. The van der Waals surface area contributed by atoms with Crippen molar-refractivity contribution >= 4 is 17.2 Å². The van der Waals surface area contributed by atoms with E-state index < -0.39 is 0 Å². The summed E-state index contributed by atoms with van der Waals surface area (Å²) in [5.41, 5.74) is 3.02. The zero-order valence-corrected chi connectivity index (χ0v) is 14.7. The molecule has 0 unspecified atom stereocenters. The summed E-state index contributed by atoms with van der Waals surface area (Å²) in [5.74, 6) is 1.36. The minimum atomic E-state index is 0.447. The topological polar surface area (TPSA) is 75.6 Å². The average molecular weight is 348 g/mol. The number of nitrogens with one attached hydrogen (secondary N) is 1. The zero-order chi connectivity index (χ0) is 17.7. The van der Waals surface area contributed by atoms with Crippen molar-refractivity contribution in [2.75, 3.05) is 19.4 Å². The Balaban J connectivity index is 1.41. The second-order valence-corrected chi connectivity index (χ2v) is 7.05. The van der Waals surface area contributed by atoms with Crippen LogP contribution < -0.4 is 5.32 Å². The summed E-state index contributed by atoms with van der Waals surface area (Å²) in [6, 6.07) is 3.14. The first-order valence-electron chi connectivity index (χ1n) is 8.74. The fourth-order valence-corrected chi connectivity index (χ4v) is 3.48. The van der Waals surface area contributed by atoms with E-state index in [0.29, 0.717) is 23.8 Å².